The normalized spacial score (nSPS) is 11.4. The van der Waals surface area contributed by atoms with Crippen molar-refractivity contribution < 1.29 is 25.8 Å². The summed E-state index contributed by atoms with van der Waals surface area (Å²) in [5, 5.41) is 0. The molecular formula is C13H8BrF3O3S. The molecular weight excluding hydrogens is 373 g/mol. The summed E-state index contributed by atoms with van der Waals surface area (Å²) in [7, 11) is -4.20. The van der Waals surface area contributed by atoms with Gasteiger partial charge in [0.25, 0.3) is 0 Å². The third kappa shape index (κ3) is 4.21. The van der Waals surface area contributed by atoms with Gasteiger partial charge in [-0.15, -0.1) is 0 Å². The Labute approximate surface area is 127 Å². The van der Waals surface area contributed by atoms with Crippen LogP contribution < -0.4 is 4.18 Å². The van der Waals surface area contributed by atoms with Crippen LogP contribution >= 0.6 is 15.9 Å². The molecule has 0 aromatic heterocycles. The molecule has 0 unspecified atom stereocenters. The highest BCUT2D eigenvalue weighted by atomic mass is 79.9. The van der Waals surface area contributed by atoms with Crippen LogP contribution in [-0.4, -0.2) is 8.42 Å². The number of benzene rings is 2. The fourth-order valence-electron chi connectivity index (χ4n) is 1.53. The van der Waals surface area contributed by atoms with E-state index in [1.165, 1.54) is 12.1 Å². The zero-order chi connectivity index (χ0) is 15.6. The smallest absolute Gasteiger partial charge is 0.313 e. The number of rotatable bonds is 4. The van der Waals surface area contributed by atoms with Crippen molar-refractivity contribution in [1.29, 1.82) is 0 Å². The van der Waals surface area contributed by atoms with Gasteiger partial charge in [-0.3, -0.25) is 0 Å². The standard InChI is InChI=1S/C13H8BrF3O3S/c14-9-2-1-8(12(16)5-9)7-21(18,19)20-10-3-4-11(15)13(17)6-10/h1-6H,7H2. The van der Waals surface area contributed by atoms with E-state index in [0.29, 0.717) is 10.5 Å². The Morgan fingerprint density at radius 2 is 1.67 bits per heavy atom. The van der Waals surface area contributed by atoms with Gasteiger partial charge in [-0.2, -0.15) is 8.42 Å². The lowest BCUT2D eigenvalue weighted by molar-refractivity contribution is 0.470. The van der Waals surface area contributed by atoms with Crippen LogP contribution in [0.15, 0.2) is 40.9 Å². The molecule has 8 heteroatoms. The second-order valence-electron chi connectivity index (χ2n) is 4.10. The van der Waals surface area contributed by atoms with Gasteiger partial charge in [0, 0.05) is 16.1 Å². The maximum absolute atomic E-state index is 13.6. The molecule has 0 aliphatic carbocycles. The molecule has 3 nitrogen and oxygen atoms in total. The Morgan fingerprint density at radius 1 is 0.952 bits per heavy atom. The topological polar surface area (TPSA) is 43.4 Å². The molecule has 2 rings (SSSR count). The zero-order valence-corrected chi connectivity index (χ0v) is 12.7. The van der Waals surface area contributed by atoms with Crippen LogP contribution in [0.3, 0.4) is 0 Å². The third-order valence-corrected chi connectivity index (χ3v) is 4.07. The predicted molar refractivity (Wildman–Crippen MR) is 73.7 cm³/mol. The molecule has 112 valence electrons. The van der Waals surface area contributed by atoms with Crippen molar-refractivity contribution in [2.75, 3.05) is 0 Å². The van der Waals surface area contributed by atoms with E-state index in [9.17, 15) is 21.6 Å². The van der Waals surface area contributed by atoms with Gasteiger partial charge in [0.1, 0.15) is 17.3 Å². The van der Waals surface area contributed by atoms with Crippen molar-refractivity contribution in [3.05, 3.63) is 63.9 Å². The third-order valence-electron chi connectivity index (χ3n) is 2.46. The second-order valence-corrected chi connectivity index (χ2v) is 6.58. The Balaban J connectivity index is 2.20. The summed E-state index contributed by atoms with van der Waals surface area (Å²) < 4.78 is 67.9. The van der Waals surface area contributed by atoms with Crippen LogP contribution in [0, 0.1) is 17.5 Å². The summed E-state index contributed by atoms with van der Waals surface area (Å²) >= 11 is 3.05. The summed E-state index contributed by atoms with van der Waals surface area (Å²) in [4.78, 5) is 0. The molecule has 0 heterocycles. The summed E-state index contributed by atoms with van der Waals surface area (Å²) in [5.74, 6) is -4.20. The van der Waals surface area contributed by atoms with Crippen molar-refractivity contribution in [2.24, 2.45) is 0 Å². The second kappa shape index (κ2) is 6.07. The van der Waals surface area contributed by atoms with Crippen LogP contribution in [0.4, 0.5) is 13.2 Å². The molecule has 0 saturated heterocycles. The van der Waals surface area contributed by atoms with E-state index in [0.717, 1.165) is 18.2 Å². The number of halogens is 4. The SMILES string of the molecule is O=S(=O)(Cc1ccc(Br)cc1F)Oc1ccc(F)c(F)c1. The fourth-order valence-corrected chi connectivity index (χ4v) is 2.94. The molecule has 0 fully saturated rings. The average molecular weight is 381 g/mol. The lowest BCUT2D eigenvalue weighted by atomic mass is 10.2. The Bertz CT molecular complexity index is 778. The molecule has 21 heavy (non-hydrogen) atoms. The molecule has 0 atom stereocenters. The van der Waals surface area contributed by atoms with Gasteiger partial charge in [-0.1, -0.05) is 22.0 Å². The molecule has 0 saturated carbocycles. The molecule has 2 aromatic carbocycles. The van der Waals surface area contributed by atoms with Gasteiger partial charge in [0.15, 0.2) is 11.6 Å². The summed E-state index contributed by atoms with van der Waals surface area (Å²) in [5.41, 5.74) is -0.0965. The molecule has 0 radical (unpaired) electrons. The highest BCUT2D eigenvalue weighted by Gasteiger charge is 2.18. The molecule has 0 aliphatic heterocycles. The van der Waals surface area contributed by atoms with Crippen LogP contribution in [0.1, 0.15) is 5.56 Å². The predicted octanol–water partition coefficient (Wildman–Crippen LogP) is 3.78. The molecule has 0 aliphatic rings. The van der Waals surface area contributed by atoms with Gasteiger partial charge >= 0.3 is 10.1 Å². The maximum Gasteiger partial charge on any atom is 0.313 e. The van der Waals surface area contributed by atoms with Crippen molar-refractivity contribution in [3.63, 3.8) is 0 Å². The van der Waals surface area contributed by atoms with Crippen molar-refractivity contribution in [3.8, 4) is 5.75 Å². The van der Waals surface area contributed by atoms with Gasteiger partial charge in [0.2, 0.25) is 0 Å². The van der Waals surface area contributed by atoms with E-state index in [4.69, 9.17) is 0 Å². The quantitative estimate of drug-likeness (QED) is 0.758. The van der Waals surface area contributed by atoms with E-state index in [1.807, 2.05) is 0 Å². The molecule has 0 spiro atoms. The Hall–Kier alpha value is -1.54. The monoisotopic (exact) mass is 380 g/mol. The van der Waals surface area contributed by atoms with E-state index >= 15 is 0 Å². The first-order valence-corrected chi connectivity index (χ1v) is 7.95. The lowest BCUT2D eigenvalue weighted by Crippen LogP contribution is -2.13. The van der Waals surface area contributed by atoms with E-state index in [1.54, 1.807) is 0 Å². The Kier molecular flexibility index (Phi) is 4.58. The molecule has 0 amide bonds. The minimum atomic E-state index is -4.20. The van der Waals surface area contributed by atoms with Crippen molar-refractivity contribution in [2.45, 2.75) is 5.75 Å². The minimum absolute atomic E-state index is 0.0965. The highest BCUT2D eigenvalue weighted by molar-refractivity contribution is 9.10. The van der Waals surface area contributed by atoms with Crippen molar-refractivity contribution in [1.82, 2.24) is 0 Å². The van der Waals surface area contributed by atoms with Crippen LogP contribution in [0.2, 0.25) is 0 Å². The zero-order valence-electron chi connectivity index (χ0n) is 10.3. The summed E-state index contributed by atoms with van der Waals surface area (Å²) in [6.07, 6.45) is 0. The molecule has 2 aromatic rings. The summed E-state index contributed by atoms with van der Waals surface area (Å²) in [6.45, 7) is 0. The van der Waals surface area contributed by atoms with E-state index < -0.39 is 33.3 Å². The largest absolute Gasteiger partial charge is 0.382 e. The first-order valence-electron chi connectivity index (χ1n) is 5.58. The number of hydrogen-bond donors (Lipinski definition) is 0. The van der Waals surface area contributed by atoms with Crippen LogP contribution in [-0.2, 0) is 15.9 Å². The van der Waals surface area contributed by atoms with Crippen molar-refractivity contribution >= 4 is 26.0 Å². The van der Waals surface area contributed by atoms with E-state index in [2.05, 4.69) is 20.1 Å². The first kappa shape index (κ1) is 15.8. The van der Waals surface area contributed by atoms with Gasteiger partial charge in [0.05, 0.1) is 0 Å². The van der Waals surface area contributed by atoms with Gasteiger partial charge < -0.3 is 4.18 Å². The maximum atomic E-state index is 13.6. The fraction of sp³-hybridized carbons (Fsp3) is 0.0769. The summed E-state index contributed by atoms with van der Waals surface area (Å²) in [6, 6.07) is 6.18. The van der Waals surface area contributed by atoms with Crippen LogP contribution in [0.25, 0.3) is 0 Å². The molecule has 0 N–H and O–H groups in total. The first-order chi connectivity index (χ1) is 9.77. The lowest BCUT2D eigenvalue weighted by Gasteiger charge is -2.08. The molecule has 0 bridgehead atoms. The van der Waals surface area contributed by atoms with Gasteiger partial charge in [-0.05, 0) is 24.3 Å². The van der Waals surface area contributed by atoms with Crippen LogP contribution in [0.5, 0.6) is 5.75 Å². The highest BCUT2D eigenvalue weighted by Crippen LogP contribution is 2.21. The Morgan fingerprint density at radius 3 is 2.29 bits per heavy atom. The average Bonchev–Trinajstić information content (AvgIpc) is 2.37. The minimum Gasteiger partial charge on any atom is -0.382 e. The van der Waals surface area contributed by atoms with E-state index in [-0.39, 0.29) is 11.3 Å². The number of hydrogen-bond acceptors (Lipinski definition) is 3. The van der Waals surface area contributed by atoms with Gasteiger partial charge in [-0.25, -0.2) is 13.2 Å².